The first kappa shape index (κ1) is 21.9. The van der Waals surface area contributed by atoms with E-state index in [0.717, 1.165) is 18.4 Å². The molecule has 3 amide bonds. The first-order valence-corrected chi connectivity index (χ1v) is 10.5. The van der Waals surface area contributed by atoms with E-state index >= 15 is 0 Å². The zero-order chi connectivity index (χ0) is 20.4. The molecule has 1 aliphatic rings. The van der Waals surface area contributed by atoms with Gasteiger partial charge in [0.1, 0.15) is 0 Å². The molecule has 1 saturated carbocycles. The van der Waals surface area contributed by atoms with Gasteiger partial charge in [0.25, 0.3) is 0 Å². The van der Waals surface area contributed by atoms with Gasteiger partial charge in [-0.2, -0.15) is 0 Å². The van der Waals surface area contributed by atoms with Crippen LogP contribution in [0.15, 0.2) is 18.2 Å². The first-order chi connectivity index (χ1) is 13.5. The average Bonchev–Trinajstić information content (AvgIpc) is 2.64. The number of hydrogen-bond acceptors (Lipinski definition) is 3. The van der Waals surface area contributed by atoms with Crippen molar-refractivity contribution in [2.75, 3.05) is 10.6 Å². The van der Waals surface area contributed by atoms with E-state index in [1.807, 2.05) is 13.0 Å². The molecule has 0 radical (unpaired) electrons. The van der Waals surface area contributed by atoms with Gasteiger partial charge in [-0.15, -0.1) is 0 Å². The van der Waals surface area contributed by atoms with Crippen LogP contribution in [0, 0.1) is 6.92 Å². The molecule has 1 aromatic rings. The van der Waals surface area contributed by atoms with Gasteiger partial charge in [-0.05, 0) is 43.5 Å². The molecule has 0 aromatic heterocycles. The summed E-state index contributed by atoms with van der Waals surface area (Å²) >= 11 is 0. The predicted molar refractivity (Wildman–Crippen MR) is 112 cm³/mol. The number of rotatable bonds is 7. The Balaban J connectivity index is 1.76. The topological polar surface area (TPSA) is 87.3 Å². The molecule has 0 heterocycles. The number of nitrogens with one attached hydrogen (secondary N) is 3. The van der Waals surface area contributed by atoms with Crippen molar-refractivity contribution >= 4 is 29.1 Å². The van der Waals surface area contributed by atoms with Crippen LogP contribution in [0.5, 0.6) is 0 Å². The molecular weight excluding hydrogens is 354 g/mol. The fourth-order valence-electron chi connectivity index (χ4n) is 3.47. The molecule has 1 fully saturated rings. The van der Waals surface area contributed by atoms with Gasteiger partial charge < -0.3 is 16.0 Å². The van der Waals surface area contributed by atoms with E-state index in [2.05, 4.69) is 16.0 Å². The van der Waals surface area contributed by atoms with E-state index in [1.165, 1.54) is 32.1 Å². The predicted octanol–water partition coefficient (Wildman–Crippen LogP) is 4.29. The third-order valence-corrected chi connectivity index (χ3v) is 5.15. The van der Waals surface area contributed by atoms with Crippen molar-refractivity contribution in [3.05, 3.63) is 23.8 Å². The normalized spacial score (nSPS) is 15.2. The SMILES string of the molecule is CCC(=O)Nc1ccc(NC(=O)CCC(=O)NC2CCCCCCC2)c(C)c1. The fraction of sp³-hybridized carbons (Fsp3) is 0.591. The van der Waals surface area contributed by atoms with Crippen LogP contribution in [0.1, 0.15) is 76.7 Å². The Labute approximate surface area is 167 Å². The zero-order valence-corrected chi connectivity index (χ0v) is 17.1. The molecule has 3 N–H and O–H groups in total. The average molecular weight is 388 g/mol. The van der Waals surface area contributed by atoms with E-state index in [4.69, 9.17) is 0 Å². The maximum atomic E-state index is 12.2. The molecule has 0 aliphatic heterocycles. The van der Waals surface area contributed by atoms with Crippen molar-refractivity contribution in [1.82, 2.24) is 5.32 Å². The third-order valence-electron chi connectivity index (χ3n) is 5.15. The summed E-state index contributed by atoms with van der Waals surface area (Å²) in [5.74, 6) is -0.275. The van der Waals surface area contributed by atoms with Crippen molar-refractivity contribution < 1.29 is 14.4 Å². The number of carbonyl (C=O) groups excluding carboxylic acids is 3. The van der Waals surface area contributed by atoms with E-state index < -0.39 is 0 Å². The maximum absolute atomic E-state index is 12.2. The monoisotopic (exact) mass is 387 g/mol. The van der Waals surface area contributed by atoms with Crippen LogP contribution in [-0.2, 0) is 14.4 Å². The van der Waals surface area contributed by atoms with Crippen LogP contribution < -0.4 is 16.0 Å². The summed E-state index contributed by atoms with van der Waals surface area (Å²) in [6.07, 6.45) is 8.98. The lowest BCUT2D eigenvalue weighted by molar-refractivity contribution is -0.125. The summed E-state index contributed by atoms with van der Waals surface area (Å²) in [6.45, 7) is 3.67. The largest absolute Gasteiger partial charge is 0.353 e. The van der Waals surface area contributed by atoms with Gasteiger partial charge in [0.2, 0.25) is 17.7 Å². The lowest BCUT2D eigenvalue weighted by atomic mass is 9.96. The third kappa shape index (κ3) is 7.71. The van der Waals surface area contributed by atoms with E-state index in [1.54, 1.807) is 19.1 Å². The Kier molecular flexibility index (Phi) is 8.98. The number of benzene rings is 1. The minimum atomic E-state index is -0.179. The van der Waals surface area contributed by atoms with Crippen LogP contribution in [-0.4, -0.2) is 23.8 Å². The van der Waals surface area contributed by atoms with Crippen molar-refractivity contribution in [1.29, 1.82) is 0 Å². The highest BCUT2D eigenvalue weighted by atomic mass is 16.2. The van der Waals surface area contributed by atoms with E-state index in [0.29, 0.717) is 17.8 Å². The van der Waals surface area contributed by atoms with E-state index in [-0.39, 0.29) is 36.6 Å². The second-order valence-corrected chi connectivity index (χ2v) is 7.59. The summed E-state index contributed by atoms with van der Waals surface area (Å²) in [7, 11) is 0. The molecule has 6 heteroatoms. The number of anilines is 2. The molecular formula is C22H33N3O3. The van der Waals surface area contributed by atoms with Crippen LogP contribution in [0.4, 0.5) is 11.4 Å². The van der Waals surface area contributed by atoms with Gasteiger partial charge in [-0.25, -0.2) is 0 Å². The first-order valence-electron chi connectivity index (χ1n) is 10.5. The van der Waals surface area contributed by atoms with Gasteiger partial charge in [0, 0.05) is 36.7 Å². The quantitative estimate of drug-likeness (QED) is 0.652. The lowest BCUT2D eigenvalue weighted by Crippen LogP contribution is -2.35. The maximum Gasteiger partial charge on any atom is 0.224 e. The Bertz CT molecular complexity index is 680. The highest BCUT2D eigenvalue weighted by Crippen LogP contribution is 2.20. The van der Waals surface area contributed by atoms with Crippen molar-refractivity contribution in [3.8, 4) is 0 Å². The zero-order valence-electron chi connectivity index (χ0n) is 17.1. The second kappa shape index (κ2) is 11.5. The number of carbonyl (C=O) groups is 3. The molecule has 0 spiro atoms. The Morgan fingerprint density at radius 3 is 2.18 bits per heavy atom. The summed E-state index contributed by atoms with van der Waals surface area (Å²) in [5.41, 5.74) is 2.27. The molecule has 6 nitrogen and oxygen atoms in total. The molecule has 2 rings (SSSR count). The van der Waals surface area contributed by atoms with Gasteiger partial charge in [-0.1, -0.05) is 39.0 Å². The Morgan fingerprint density at radius 1 is 0.893 bits per heavy atom. The van der Waals surface area contributed by atoms with Gasteiger partial charge in [0.05, 0.1) is 0 Å². The number of hydrogen-bond donors (Lipinski definition) is 3. The molecule has 1 aliphatic carbocycles. The van der Waals surface area contributed by atoms with Crippen molar-refractivity contribution in [2.45, 2.75) is 84.1 Å². The van der Waals surface area contributed by atoms with Crippen LogP contribution in [0.2, 0.25) is 0 Å². The molecule has 0 unspecified atom stereocenters. The molecule has 1 aromatic carbocycles. The minimum absolute atomic E-state index is 0.0462. The van der Waals surface area contributed by atoms with Gasteiger partial charge >= 0.3 is 0 Å². The Hall–Kier alpha value is -2.37. The summed E-state index contributed by atoms with van der Waals surface area (Å²) in [4.78, 5) is 35.9. The van der Waals surface area contributed by atoms with Crippen molar-refractivity contribution in [2.24, 2.45) is 0 Å². The highest BCUT2D eigenvalue weighted by molar-refractivity contribution is 5.95. The molecule has 0 bridgehead atoms. The summed E-state index contributed by atoms with van der Waals surface area (Å²) in [6, 6.07) is 5.61. The van der Waals surface area contributed by atoms with Gasteiger partial charge in [-0.3, -0.25) is 14.4 Å². The molecule has 0 saturated heterocycles. The number of aryl methyl sites for hydroxylation is 1. The minimum Gasteiger partial charge on any atom is -0.353 e. The molecule has 0 atom stereocenters. The summed E-state index contributed by atoms with van der Waals surface area (Å²) < 4.78 is 0. The van der Waals surface area contributed by atoms with E-state index in [9.17, 15) is 14.4 Å². The lowest BCUT2D eigenvalue weighted by Gasteiger charge is -2.21. The van der Waals surface area contributed by atoms with Crippen LogP contribution in [0.25, 0.3) is 0 Å². The smallest absolute Gasteiger partial charge is 0.224 e. The van der Waals surface area contributed by atoms with Gasteiger partial charge in [0.15, 0.2) is 0 Å². The molecule has 154 valence electrons. The second-order valence-electron chi connectivity index (χ2n) is 7.59. The standard InChI is InChI=1S/C22H33N3O3/c1-3-20(26)24-18-11-12-19(16(2)15-18)25-22(28)14-13-21(27)23-17-9-7-5-4-6-8-10-17/h11-12,15,17H,3-10,13-14H2,1-2H3,(H,23,27)(H,24,26)(H,25,28). The Morgan fingerprint density at radius 2 is 1.54 bits per heavy atom. The number of amides is 3. The van der Waals surface area contributed by atoms with Crippen LogP contribution >= 0.6 is 0 Å². The summed E-state index contributed by atoms with van der Waals surface area (Å²) in [5, 5.41) is 8.74. The highest BCUT2D eigenvalue weighted by Gasteiger charge is 2.15. The van der Waals surface area contributed by atoms with Crippen molar-refractivity contribution in [3.63, 3.8) is 0 Å². The fourth-order valence-corrected chi connectivity index (χ4v) is 3.47. The van der Waals surface area contributed by atoms with Crippen LogP contribution in [0.3, 0.4) is 0 Å². The molecule has 28 heavy (non-hydrogen) atoms.